The van der Waals surface area contributed by atoms with Gasteiger partial charge in [-0.15, -0.1) is 0 Å². The zero-order valence-electron chi connectivity index (χ0n) is 29.8. The molecule has 53 heavy (non-hydrogen) atoms. The molecule has 2 heteroatoms. The average Bonchev–Trinajstić information content (AvgIpc) is 3.70. The summed E-state index contributed by atoms with van der Waals surface area (Å²) in [5.74, 6) is 0. The molecule has 0 saturated carbocycles. The second-order valence-electron chi connectivity index (χ2n) is 14.5. The van der Waals surface area contributed by atoms with Crippen LogP contribution in [0, 0.1) is 0 Å². The molecule has 2 nitrogen and oxygen atoms in total. The lowest BCUT2D eigenvalue weighted by molar-refractivity contribution is 0.662. The molecule has 0 N–H and O–H groups in total. The number of nitrogens with zero attached hydrogens (tertiary/aromatic N) is 1. The highest BCUT2D eigenvalue weighted by atomic mass is 16.3. The number of rotatable bonds is 6. The molecule has 8 aromatic carbocycles. The minimum atomic E-state index is -0.165. The van der Waals surface area contributed by atoms with Gasteiger partial charge in [0.1, 0.15) is 11.2 Å². The fourth-order valence-corrected chi connectivity index (χ4v) is 8.56. The molecule has 0 amide bonds. The quantitative estimate of drug-likeness (QED) is 0.174. The summed E-state index contributed by atoms with van der Waals surface area (Å²) < 4.78 is 6.34. The lowest BCUT2D eigenvalue weighted by Crippen LogP contribution is -2.17. The van der Waals surface area contributed by atoms with Gasteiger partial charge in [0.05, 0.1) is 5.69 Å². The summed E-state index contributed by atoms with van der Waals surface area (Å²) in [5.41, 5.74) is 17.4. The first-order chi connectivity index (χ1) is 26.0. The third-order valence-corrected chi connectivity index (χ3v) is 11.0. The molecular weight excluding hydrogens is 643 g/mol. The number of hydrogen-bond donors (Lipinski definition) is 0. The molecule has 1 aliphatic rings. The fourth-order valence-electron chi connectivity index (χ4n) is 8.56. The van der Waals surface area contributed by atoms with Gasteiger partial charge in [0.15, 0.2) is 0 Å². The minimum absolute atomic E-state index is 0.165. The number of para-hydroxylation sites is 1. The van der Waals surface area contributed by atoms with Crippen molar-refractivity contribution >= 4 is 39.0 Å². The van der Waals surface area contributed by atoms with Crippen molar-refractivity contribution in [1.82, 2.24) is 0 Å². The largest absolute Gasteiger partial charge is 0.456 e. The third-order valence-electron chi connectivity index (χ3n) is 11.0. The van der Waals surface area contributed by atoms with Crippen LogP contribution in [0.4, 0.5) is 17.1 Å². The minimum Gasteiger partial charge on any atom is -0.456 e. The molecule has 0 saturated heterocycles. The van der Waals surface area contributed by atoms with E-state index in [0.717, 1.165) is 50.1 Å². The van der Waals surface area contributed by atoms with Crippen molar-refractivity contribution < 1.29 is 4.42 Å². The van der Waals surface area contributed by atoms with Gasteiger partial charge >= 0.3 is 0 Å². The summed E-state index contributed by atoms with van der Waals surface area (Å²) in [6, 6.07) is 68.0. The van der Waals surface area contributed by atoms with Crippen LogP contribution in [-0.2, 0) is 5.41 Å². The maximum atomic E-state index is 6.34. The summed E-state index contributed by atoms with van der Waals surface area (Å²) in [6.45, 7) is 4.74. The van der Waals surface area contributed by atoms with Crippen LogP contribution in [0.2, 0.25) is 0 Å². The van der Waals surface area contributed by atoms with Crippen molar-refractivity contribution in [2.45, 2.75) is 19.3 Å². The van der Waals surface area contributed by atoms with Gasteiger partial charge in [-0.3, -0.25) is 0 Å². The van der Waals surface area contributed by atoms with E-state index in [0.29, 0.717) is 0 Å². The van der Waals surface area contributed by atoms with E-state index in [1.165, 1.54) is 44.5 Å². The van der Waals surface area contributed by atoms with Crippen LogP contribution < -0.4 is 4.90 Å². The molecule has 1 aliphatic carbocycles. The Bertz CT molecular complexity index is 2800. The standard InChI is InChI=1S/C51H37NO/c1-51(2)46-24-14-12-22-40(46)45-33-39(32-43(50(45)51)36-20-10-5-11-21-36)52(38-27-29-49-44(31-38)41-23-13-15-25-48(41)53-49)47-28-26-37(34-16-6-3-7-17-34)30-42(47)35-18-8-4-9-19-35/h3-33H,1-2H3. The van der Waals surface area contributed by atoms with Gasteiger partial charge in [0.2, 0.25) is 0 Å². The van der Waals surface area contributed by atoms with Crippen LogP contribution in [-0.4, -0.2) is 0 Å². The maximum Gasteiger partial charge on any atom is 0.135 e. The van der Waals surface area contributed by atoms with E-state index in [1.54, 1.807) is 0 Å². The predicted octanol–water partition coefficient (Wildman–Crippen LogP) is 14.4. The van der Waals surface area contributed by atoms with E-state index < -0.39 is 0 Å². The highest BCUT2D eigenvalue weighted by Gasteiger charge is 2.38. The molecule has 0 aliphatic heterocycles. The topological polar surface area (TPSA) is 16.4 Å². The monoisotopic (exact) mass is 679 g/mol. The highest BCUT2D eigenvalue weighted by molar-refractivity contribution is 6.07. The molecule has 0 spiro atoms. The van der Waals surface area contributed by atoms with Crippen LogP contribution in [0.15, 0.2) is 192 Å². The van der Waals surface area contributed by atoms with Crippen LogP contribution in [0.1, 0.15) is 25.0 Å². The first-order valence-electron chi connectivity index (χ1n) is 18.3. The van der Waals surface area contributed by atoms with Crippen molar-refractivity contribution in [3.8, 4) is 44.5 Å². The molecule has 0 atom stereocenters. The predicted molar refractivity (Wildman–Crippen MR) is 222 cm³/mol. The Morgan fingerprint density at radius 2 is 1.00 bits per heavy atom. The maximum absolute atomic E-state index is 6.34. The Hall–Kier alpha value is -6.64. The first-order valence-corrected chi connectivity index (χ1v) is 18.3. The van der Waals surface area contributed by atoms with Gasteiger partial charge in [-0.2, -0.15) is 0 Å². The van der Waals surface area contributed by atoms with Crippen LogP contribution in [0.25, 0.3) is 66.4 Å². The number of anilines is 3. The summed E-state index contributed by atoms with van der Waals surface area (Å²) >= 11 is 0. The Labute approximate surface area is 310 Å². The summed E-state index contributed by atoms with van der Waals surface area (Å²) in [6.07, 6.45) is 0. The van der Waals surface area contributed by atoms with Crippen molar-refractivity contribution in [3.63, 3.8) is 0 Å². The van der Waals surface area contributed by atoms with Gasteiger partial charge in [0, 0.05) is 33.1 Å². The highest BCUT2D eigenvalue weighted by Crippen LogP contribution is 2.55. The van der Waals surface area contributed by atoms with E-state index in [4.69, 9.17) is 4.42 Å². The molecule has 10 rings (SSSR count). The van der Waals surface area contributed by atoms with Crippen molar-refractivity contribution in [1.29, 1.82) is 0 Å². The molecule has 1 aromatic heterocycles. The van der Waals surface area contributed by atoms with E-state index in [2.05, 4.69) is 201 Å². The summed E-state index contributed by atoms with van der Waals surface area (Å²) in [7, 11) is 0. The Morgan fingerprint density at radius 3 is 1.75 bits per heavy atom. The smallest absolute Gasteiger partial charge is 0.135 e. The molecule has 0 unspecified atom stereocenters. The van der Waals surface area contributed by atoms with Gasteiger partial charge in [0.25, 0.3) is 0 Å². The summed E-state index contributed by atoms with van der Waals surface area (Å²) in [4.78, 5) is 2.46. The number of benzene rings is 8. The number of furan rings is 1. The Balaban J connectivity index is 1.30. The zero-order valence-corrected chi connectivity index (χ0v) is 29.8. The van der Waals surface area contributed by atoms with Crippen LogP contribution in [0.3, 0.4) is 0 Å². The fraction of sp³-hybridized carbons (Fsp3) is 0.0588. The normalized spacial score (nSPS) is 12.9. The second kappa shape index (κ2) is 12.3. The van der Waals surface area contributed by atoms with E-state index in [1.807, 2.05) is 6.07 Å². The van der Waals surface area contributed by atoms with Gasteiger partial charge in [-0.1, -0.05) is 153 Å². The number of hydrogen-bond acceptors (Lipinski definition) is 2. The molecule has 0 bridgehead atoms. The van der Waals surface area contributed by atoms with Gasteiger partial charge < -0.3 is 9.32 Å². The van der Waals surface area contributed by atoms with E-state index in [9.17, 15) is 0 Å². The zero-order chi connectivity index (χ0) is 35.5. The SMILES string of the molecule is CC1(C)c2ccccc2-c2cc(N(c3ccc4oc5ccccc5c4c3)c3ccc(-c4ccccc4)cc3-c3ccccc3)cc(-c3ccccc3)c21. The summed E-state index contributed by atoms with van der Waals surface area (Å²) in [5, 5.41) is 2.21. The molecule has 252 valence electrons. The average molecular weight is 680 g/mol. The Kier molecular flexibility index (Phi) is 7.19. The van der Waals surface area contributed by atoms with E-state index in [-0.39, 0.29) is 5.41 Å². The molecule has 0 fully saturated rings. The molecule has 0 radical (unpaired) electrons. The lowest BCUT2D eigenvalue weighted by Gasteiger charge is -2.31. The van der Waals surface area contributed by atoms with E-state index >= 15 is 0 Å². The van der Waals surface area contributed by atoms with Crippen molar-refractivity contribution in [3.05, 3.63) is 199 Å². The number of fused-ring (bicyclic) bond motifs is 6. The first kappa shape index (κ1) is 31.1. The van der Waals surface area contributed by atoms with Gasteiger partial charge in [-0.25, -0.2) is 0 Å². The van der Waals surface area contributed by atoms with Crippen molar-refractivity contribution in [2.24, 2.45) is 0 Å². The second-order valence-corrected chi connectivity index (χ2v) is 14.5. The van der Waals surface area contributed by atoms with Crippen LogP contribution >= 0.6 is 0 Å². The van der Waals surface area contributed by atoms with Crippen molar-refractivity contribution in [2.75, 3.05) is 4.90 Å². The molecule has 1 heterocycles. The molecular formula is C51H37NO. The van der Waals surface area contributed by atoms with Gasteiger partial charge in [-0.05, 0) is 98.6 Å². The third kappa shape index (κ3) is 5.10. The lowest BCUT2D eigenvalue weighted by atomic mass is 9.78. The van der Waals surface area contributed by atoms with Crippen LogP contribution in [0.5, 0.6) is 0 Å². The Morgan fingerprint density at radius 1 is 0.396 bits per heavy atom. The molecule has 9 aromatic rings.